The second kappa shape index (κ2) is 5.28. The number of anilines is 1. The Labute approximate surface area is 109 Å². The second-order valence-corrected chi connectivity index (χ2v) is 7.28. The average molecular weight is 268 g/mol. The average Bonchev–Trinajstić information content (AvgIpc) is 2.46. The first-order valence-corrected chi connectivity index (χ1v) is 8.06. The Morgan fingerprint density at radius 2 is 2.06 bits per heavy atom. The highest BCUT2D eigenvalue weighted by Crippen LogP contribution is 2.16. The maximum absolute atomic E-state index is 11.5. The maximum atomic E-state index is 11.5. The number of nitrogen functional groups attached to an aromatic ring is 1. The minimum absolute atomic E-state index is 0.272. The first-order chi connectivity index (χ1) is 8.46. The zero-order valence-corrected chi connectivity index (χ0v) is 11.5. The number of sulfone groups is 1. The first kappa shape index (κ1) is 13.4. The molecule has 1 aliphatic rings. The summed E-state index contributed by atoms with van der Waals surface area (Å²) in [5.74, 6) is 0.591. The van der Waals surface area contributed by atoms with Gasteiger partial charge >= 0.3 is 0 Å². The highest BCUT2D eigenvalue weighted by molar-refractivity contribution is 7.91. The van der Waals surface area contributed by atoms with Crippen LogP contribution in [0.4, 0.5) is 5.69 Å². The van der Waals surface area contributed by atoms with Gasteiger partial charge in [0.1, 0.15) is 0 Å². The smallest absolute Gasteiger partial charge is 0.151 e. The lowest BCUT2D eigenvalue weighted by Crippen LogP contribution is -2.26. The fraction of sp³-hybridized carbons (Fsp3) is 0.538. The van der Waals surface area contributed by atoms with Crippen molar-refractivity contribution in [1.29, 1.82) is 0 Å². The van der Waals surface area contributed by atoms with Crippen molar-refractivity contribution >= 4 is 15.5 Å². The lowest BCUT2D eigenvalue weighted by Gasteiger charge is -2.19. The van der Waals surface area contributed by atoms with Crippen LogP contribution < -0.4 is 5.73 Å². The van der Waals surface area contributed by atoms with Gasteiger partial charge in [-0.15, -0.1) is 0 Å². The monoisotopic (exact) mass is 268 g/mol. The molecular formula is C13H20N2O2S. The van der Waals surface area contributed by atoms with Crippen molar-refractivity contribution < 1.29 is 8.42 Å². The summed E-state index contributed by atoms with van der Waals surface area (Å²) < 4.78 is 23.0. The van der Waals surface area contributed by atoms with Crippen LogP contribution in [0, 0.1) is 6.92 Å². The van der Waals surface area contributed by atoms with Gasteiger partial charge in [0.05, 0.1) is 11.5 Å². The molecule has 0 spiro atoms. The van der Waals surface area contributed by atoms with E-state index in [2.05, 4.69) is 11.0 Å². The highest BCUT2D eigenvalue weighted by atomic mass is 32.2. The Bertz CT molecular complexity index is 526. The van der Waals surface area contributed by atoms with E-state index >= 15 is 0 Å². The van der Waals surface area contributed by atoms with Crippen LogP contribution in [0.25, 0.3) is 0 Å². The molecule has 100 valence electrons. The van der Waals surface area contributed by atoms with Crippen LogP contribution in [0.5, 0.6) is 0 Å². The summed E-state index contributed by atoms with van der Waals surface area (Å²) in [7, 11) is -2.83. The molecule has 1 aromatic carbocycles. The third-order valence-corrected chi connectivity index (χ3v) is 5.11. The van der Waals surface area contributed by atoms with E-state index in [0.29, 0.717) is 12.3 Å². The van der Waals surface area contributed by atoms with E-state index in [1.807, 2.05) is 19.1 Å². The molecule has 5 heteroatoms. The van der Waals surface area contributed by atoms with Crippen molar-refractivity contribution in [2.45, 2.75) is 19.9 Å². The molecule has 0 atom stereocenters. The fourth-order valence-corrected chi connectivity index (χ4v) is 3.50. The largest absolute Gasteiger partial charge is 0.399 e. The molecule has 1 aliphatic heterocycles. The van der Waals surface area contributed by atoms with Gasteiger partial charge in [-0.1, -0.05) is 12.1 Å². The van der Waals surface area contributed by atoms with Crippen LogP contribution in [-0.2, 0) is 16.4 Å². The van der Waals surface area contributed by atoms with E-state index < -0.39 is 9.84 Å². The lowest BCUT2D eigenvalue weighted by atomic mass is 10.1. The highest BCUT2D eigenvalue weighted by Gasteiger charge is 2.19. The first-order valence-electron chi connectivity index (χ1n) is 6.24. The van der Waals surface area contributed by atoms with Crippen LogP contribution in [-0.4, -0.2) is 37.9 Å². The maximum Gasteiger partial charge on any atom is 0.151 e. The van der Waals surface area contributed by atoms with Crippen LogP contribution in [0.1, 0.15) is 17.5 Å². The quantitative estimate of drug-likeness (QED) is 0.819. The lowest BCUT2D eigenvalue weighted by molar-refractivity contribution is 0.287. The molecule has 2 rings (SSSR count). The number of nitrogens with two attached hydrogens (primary N) is 1. The van der Waals surface area contributed by atoms with E-state index in [1.165, 1.54) is 0 Å². The van der Waals surface area contributed by atoms with Gasteiger partial charge in [0.15, 0.2) is 9.84 Å². The van der Waals surface area contributed by atoms with E-state index in [0.717, 1.165) is 36.3 Å². The zero-order chi connectivity index (χ0) is 13.2. The molecule has 1 aromatic rings. The van der Waals surface area contributed by atoms with Crippen LogP contribution >= 0.6 is 0 Å². The summed E-state index contributed by atoms with van der Waals surface area (Å²) in [5.41, 5.74) is 8.92. The van der Waals surface area contributed by atoms with Crippen LogP contribution in [0.2, 0.25) is 0 Å². The molecule has 1 fully saturated rings. The van der Waals surface area contributed by atoms with Gasteiger partial charge in [0, 0.05) is 18.8 Å². The van der Waals surface area contributed by atoms with E-state index in [9.17, 15) is 8.42 Å². The molecule has 4 nitrogen and oxygen atoms in total. The topological polar surface area (TPSA) is 63.4 Å². The molecule has 0 aliphatic carbocycles. The molecule has 0 aromatic heterocycles. The van der Waals surface area contributed by atoms with Crippen LogP contribution in [0.3, 0.4) is 0 Å². The Morgan fingerprint density at radius 3 is 2.78 bits per heavy atom. The number of nitrogens with zero attached hydrogens (tertiary/aromatic N) is 1. The molecule has 0 amide bonds. The second-order valence-electron chi connectivity index (χ2n) is 4.97. The molecule has 2 N–H and O–H groups in total. The van der Waals surface area contributed by atoms with Gasteiger partial charge in [0.25, 0.3) is 0 Å². The predicted octanol–water partition coefficient (Wildman–Crippen LogP) is 1.20. The van der Waals surface area contributed by atoms with Crippen molar-refractivity contribution in [1.82, 2.24) is 4.90 Å². The van der Waals surface area contributed by atoms with Crippen molar-refractivity contribution in [2.24, 2.45) is 0 Å². The molecule has 0 bridgehead atoms. The Morgan fingerprint density at radius 1 is 1.28 bits per heavy atom. The third-order valence-electron chi connectivity index (χ3n) is 3.40. The van der Waals surface area contributed by atoms with Gasteiger partial charge in [-0.05, 0) is 37.1 Å². The molecule has 1 saturated heterocycles. The third kappa shape index (κ3) is 3.46. The molecule has 0 unspecified atom stereocenters. The Kier molecular flexibility index (Phi) is 3.92. The van der Waals surface area contributed by atoms with Crippen LogP contribution in [0.15, 0.2) is 18.2 Å². The fourth-order valence-electron chi connectivity index (χ4n) is 2.19. The minimum Gasteiger partial charge on any atom is -0.399 e. The Hall–Kier alpha value is -1.07. The SMILES string of the molecule is Cc1ccc(CN2CCCS(=O)(=O)CC2)cc1N. The molecular weight excluding hydrogens is 248 g/mol. The van der Waals surface area contributed by atoms with E-state index in [4.69, 9.17) is 5.73 Å². The van der Waals surface area contributed by atoms with Crippen molar-refractivity contribution in [3.63, 3.8) is 0 Å². The van der Waals surface area contributed by atoms with Crippen molar-refractivity contribution in [2.75, 3.05) is 30.3 Å². The summed E-state index contributed by atoms with van der Waals surface area (Å²) >= 11 is 0. The number of hydrogen-bond acceptors (Lipinski definition) is 4. The van der Waals surface area contributed by atoms with Crippen molar-refractivity contribution in [3.8, 4) is 0 Å². The van der Waals surface area contributed by atoms with E-state index in [1.54, 1.807) is 0 Å². The van der Waals surface area contributed by atoms with Gasteiger partial charge in [-0.2, -0.15) is 0 Å². The zero-order valence-electron chi connectivity index (χ0n) is 10.7. The number of hydrogen-bond donors (Lipinski definition) is 1. The van der Waals surface area contributed by atoms with Crippen molar-refractivity contribution in [3.05, 3.63) is 29.3 Å². The number of rotatable bonds is 2. The summed E-state index contributed by atoms with van der Waals surface area (Å²) in [4.78, 5) is 2.19. The summed E-state index contributed by atoms with van der Waals surface area (Å²) in [6, 6.07) is 6.05. The summed E-state index contributed by atoms with van der Waals surface area (Å²) in [5, 5.41) is 0. The predicted molar refractivity (Wildman–Crippen MR) is 74.1 cm³/mol. The minimum atomic E-state index is -2.83. The molecule has 0 radical (unpaired) electrons. The number of aryl methyl sites for hydroxylation is 1. The van der Waals surface area contributed by atoms with Gasteiger partial charge in [0.2, 0.25) is 0 Å². The van der Waals surface area contributed by atoms with Gasteiger partial charge in [-0.3, -0.25) is 4.90 Å². The Balaban J connectivity index is 2.03. The molecule has 0 saturated carbocycles. The summed E-state index contributed by atoms with van der Waals surface area (Å²) in [6.45, 7) is 4.22. The summed E-state index contributed by atoms with van der Waals surface area (Å²) in [6.07, 6.45) is 0.726. The van der Waals surface area contributed by atoms with Gasteiger partial charge < -0.3 is 5.73 Å². The number of benzene rings is 1. The van der Waals surface area contributed by atoms with E-state index in [-0.39, 0.29) is 5.75 Å². The van der Waals surface area contributed by atoms with Gasteiger partial charge in [-0.25, -0.2) is 8.42 Å². The normalized spacial score (nSPS) is 20.5. The molecule has 1 heterocycles. The standard InChI is InChI=1S/C13H20N2O2S/c1-11-3-4-12(9-13(11)14)10-15-5-2-7-18(16,17)8-6-15/h3-4,9H,2,5-8,10,14H2,1H3. The molecule has 18 heavy (non-hydrogen) atoms.